The Labute approximate surface area is 207 Å². The van der Waals surface area contributed by atoms with Crippen molar-refractivity contribution in [2.45, 2.75) is 70.1 Å². The Morgan fingerprint density at radius 3 is 2.80 bits per heavy atom. The molecule has 9 heteroatoms. The second-order valence-electron chi connectivity index (χ2n) is 10.5. The smallest absolute Gasteiger partial charge is 0.245 e. The number of nitriles is 1. The Kier molecular flexibility index (Phi) is 5.44. The van der Waals surface area contributed by atoms with E-state index in [1.807, 2.05) is 12.1 Å². The molecule has 0 spiro atoms. The minimum Gasteiger partial charge on any atom is -0.507 e. The van der Waals surface area contributed by atoms with Gasteiger partial charge in [-0.15, -0.1) is 21.5 Å². The third kappa shape index (κ3) is 4.04. The number of phenolic OH excluding ortho intramolecular Hbond substituents is 1. The van der Waals surface area contributed by atoms with Crippen LogP contribution in [0.15, 0.2) is 29.8 Å². The molecule has 2 bridgehead atoms. The minimum atomic E-state index is -0.896. The van der Waals surface area contributed by atoms with Gasteiger partial charge in [0, 0.05) is 28.0 Å². The fraction of sp³-hybridized carbons (Fsp3) is 0.500. The average Bonchev–Trinajstić information content (AvgIpc) is 3.57. The molecule has 6 rings (SSSR count). The summed E-state index contributed by atoms with van der Waals surface area (Å²) < 4.78 is 15.9. The van der Waals surface area contributed by atoms with E-state index < -0.39 is 6.17 Å². The standard InChI is InChI=1S/C26H27FN6OS/c1-26-8-2-3-15(11-26)9-21(23(26)27)33(18-5-6-18)25-29-13-20(31-32-25)19-7-4-16(10-22(19)34)24-30-17(12-28)14-35-24/h4,7,10,13-15,18,21,23,34H,2-3,5-6,8-9,11H2,1H3/t15-,21+,23+,26+/m1/s1. The SMILES string of the molecule is C[C@@]12CCC[C@H](C[C@H](N(c3ncc(-c4ccc(-c5nc(C#N)cs5)cc4O)nn3)C3CC3)[C@@H]1F)C2. The Balaban J connectivity index is 1.26. The van der Waals surface area contributed by atoms with Gasteiger partial charge in [-0.3, -0.25) is 0 Å². The number of aromatic hydroxyl groups is 1. The van der Waals surface area contributed by atoms with Crippen molar-refractivity contribution >= 4 is 17.3 Å². The van der Waals surface area contributed by atoms with Gasteiger partial charge in [-0.1, -0.05) is 25.8 Å². The Bertz CT molecular complexity index is 1290. The number of phenols is 1. The van der Waals surface area contributed by atoms with E-state index in [1.54, 1.807) is 23.7 Å². The first-order chi connectivity index (χ1) is 16.9. The van der Waals surface area contributed by atoms with Crippen LogP contribution in [0.25, 0.3) is 21.8 Å². The quantitative estimate of drug-likeness (QED) is 0.503. The Morgan fingerprint density at radius 2 is 2.11 bits per heavy atom. The van der Waals surface area contributed by atoms with E-state index in [1.165, 1.54) is 17.8 Å². The van der Waals surface area contributed by atoms with Gasteiger partial charge in [0.05, 0.1) is 12.2 Å². The lowest BCUT2D eigenvalue weighted by Gasteiger charge is -2.51. The molecule has 4 atom stereocenters. The molecule has 3 saturated carbocycles. The van der Waals surface area contributed by atoms with E-state index in [-0.39, 0.29) is 23.2 Å². The number of benzene rings is 1. The lowest BCUT2D eigenvalue weighted by Crippen LogP contribution is -2.56. The molecule has 35 heavy (non-hydrogen) atoms. The van der Waals surface area contributed by atoms with E-state index in [0.29, 0.717) is 33.8 Å². The summed E-state index contributed by atoms with van der Waals surface area (Å²) in [7, 11) is 0. The first-order valence-corrected chi connectivity index (χ1v) is 13.1. The van der Waals surface area contributed by atoms with Crippen molar-refractivity contribution in [3.8, 4) is 33.6 Å². The molecule has 3 aliphatic rings. The van der Waals surface area contributed by atoms with Crippen molar-refractivity contribution in [1.82, 2.24) is 20.2 Å². The van der Waals surface area contributed by atoms with Crippen LogP contribution < -0.4 is 4.90 Å². The molecule has 0 radical (unpaired) electrons. The number of hydrogen-bond acceptors (Lipinski definition) is 8. The molecule has 3 aromatic rings. The fourth-order valence-corrected chi connectivity index (χ4v) is 6.82. The fourth-order valence-electron chi connectivity index (χ4n) is 6.07. The van der Waals surface area contributed by atoms with Gasteiger partial charge in [0.2, 0.25) is 5.95 Å². The Morgan fingerprint density at radius 1 is 1.26 bits per heavy atom. The highest BCUT2D eigenvalue weighted by Crippen LogP contribution is 2.52. The summed E-state index contributed by atoms with van der Waals surface area (Å²) in [6.45, 7) is 2.11. The summed E-state index contributed by atoms with van der Waals surface area (Å²) in [6.07, 6.45) is 7.86. The molecule has 1 aromatic carbocycles. The number of aromatic nitrogens is 4. The van der Waals surface area contributed by atoms with Gasteiger partial charge < -0.3 is 10.0 Å². The predicted molar refractivity (Wildman–Crippen MR) is 132 cm³/mol. The zero-order valence-electron chi connectivity index (χ0n) is 19.6. The van der Waals surface area contributed by atoms with Crippen molar-refractivity contribution in [2.75, 3.05) is 4.90 Å². The summed E-state index contributed by atoms with van der Waals surface area (Å²) in [6, 6.07) is 7.28. The van der Waals surface area contributed by atoms with Crippen LogP contribution in [0.5, 0.6) is 5.75 Å². The lowest BCUT2D eigenvalue weighted by atomic mass is 9.60. The third-order valence-corrected chi connectivity index (χ3v) is 8.80. The number of halogens is 1. The molecular weight excluding hydrogens is 463 g/mol. The average molecular weight is 491 g/mol. The molecule has 0 aliphatic heterocycles. The largest absolute Gasteiger partial charge is 0.507 e. The van der Waals surface area contributed by atoms with Crippen molar-refractivity contribution < 1.29 is 9.50 Å². The van der Waals surface area contributed by atoms with Gasteiger partial charge in [-0.05, 0) is 50.2 Å². The van der Waals surface area contributed by atoms with Gasteiger partial charge in [0.25, 0.3) is 0 Å². The maximum atomic E-state index is 15.9. The van der Waals surface area contributed by atoms with Crippen molar-refractivity contribution in [2.24, 2.45) is 11.3 Å². The van der Waals surface area contributed by atoms with Gasteiger partial charge >= 0.3 is 0 Å². The second-order valence-corrected chi connectivity index (χ2v) is 11.3. The molecular formula is C26H27FN6OS. The number of nitrogens with zero attached hydrogens (tertiary/aromatic N) is 6. The molecule has 3 fully saturated rings. The van der Waals surface area contributed by atoms with E-state index in [4.69, 9.17) is 5.26 Å². The van der Waals surface area contributed by atoms with Crippen molar-refractivity contribution in [1.29, 1.82) is 5.26 Å². The number of rotatable bonds is 5. The highest BCUT2D eigenvalue weighted by molar-refractivity contribution is 7.13. The van der Waals surface area contributed by atoms with Crippen LogP contribution in [0.1, 0.15) is 57.6 Å². The zero-order valence-corrected chi connectivity index (χ0v) is 20.4. The molecule has 7 nitrogen and oxygen atoms in total. The summed E-state index contributed by atoms with van der Waals surface area (Å²) in [4.78, 5) is 11.0. The lowest BCUT2D eigenvalue weighted by molar-refractivity contribution is -0.0127. The second kappa shape index (κ2) is 8.52. The van der Waals surface area contributed by atoms with E-state index in [2.05, 4.69) is 32.0 Å². The number of alkyl halides is 1. The first-order valence-electron chi connectivity index (χ1n) is 12.3. The molecule has 0 amide bonds. The maximum Gasteiger partial charge on any atom is 0.245 e. The highest BCUT2D eigenvalue weighted by Gasteiger charge is 2.52. The van der Waals surface area contributed by atoms with Crippen molar-refractivity contribution in [3.05, 3.63) is 35.5 Å². The molecule has 180 valence electrons. The zero-order chi connectivity index (χ0) is 24.2. The van der Waals surface area contributed by atoms with Gasteiger partial charge in [0.1, 0.15) is 28.7 Å². The number of anilines is 1. The normalized spacial score (nSPS) is 27.9. The molecule has 2 aromatic heterocycles. The summed E-state index contributed by atoms with van der Waals surface area (Å²) in [5.74, 6) is 1.09. The van der Waals surface area contributed by atoms with Gasteiger partial charge in [-0.25, -0.2) is 14.4 Å². The van der Waals surface area contributed by atoms with Gasteiger partial charge in [0.15, 0.2) is 5.69 Å². The van der Waals surface area contributed by atoms with Crippen LogP contribution in [0.2, 0.25) is 0 Å². The number of thiazole rings is 1. The molecule has 3 aliphatic carbocycles. The monoisotopic (exact) mass is 490 g/mol. The highest BCUT2D eigenvalue weighted by atomic mass is 32.1. The van der Waals surface area contributed by atoms with Crippen LogP contribution in [-0.4, -0.2) is 43.5 Å². The number of hydrogen-bond donors (Lipinski definition) is 1. The van der Waals surface area contributed by atoms with Gasteiger partial charge in [-0.2, -0.15) is 5.26 Å². The summed E-state index contributed by atoms with van der Waals surface area (Å²) in [5.41, 5.74) is 1.78. The van der Waals surface area contributed by atoms with Crippen molar-refractivity contribution in [3.63, 3.8) is 0 Å². The van der Waals surface area contributed by atoms with E-state index >= 15 is 4.39 Å². The number of fused-ring (bicyclic) bond motifs is 2. The Hall–Kier alpha value is -3.12. The predicted octanol–water partition coefficient (Wildman–Crippen LogP) is 5.52. The van der Waals surface area contributed by atoms with E-state index in [9.17, 15) is 5.11 Å². The van der Waals surface area contributed by atoms with Crippen LogP contribution in [0.4, 0.5) is 10.3 Å². The third-order valence-electron chi connectivity index (χ3n) is 7.91. The maximum absolute atomic E-state index is 15.9. The summed E-state index contributed by atoms with van der Waals surface area (Å²) >= 11 is 1.35. The molecule has 0 saturated heterocycles. The topological polar surface area (TPSA) is 98.8 Å². The first kappa shape index (κ1) is 22.4. The molecule has 2 heterocycles. The van der Waals surface area contributed by atoms with E-state index in [0.717, 1.165) is 44.1 Å². The molecule has 0 unspecified atom stereocenters. The molecule has 1 N–H and O–H groups in total. The van der Waals surface area contributed by atoms with Crippen LogP contribution in [-0.2, 0) is 0 Å². The van der Waals surface area contributed by atoms with Crippen LogP contribution >= 0.6 is 11.3 Å². The minimum absolute atomic E-state index is 0.0379. The summed E-state index contributed by atoms with van der Waals surface area (Å²) in [5, 5.41) is 30.8. The van der Waals surface area contributed by atoms with Crippen LogP contribution in [0.3, 0.4) is 0 Å². The van der Waals surface area contributed by atoms with Crippen LogP contribution in [0, 0.1) is 22.7 Å².